The van der Waals surface area contributed by atoms with E-state index in [1.54, 1.807) is 16.3 Å². The number of rotatable bonds is 3. The van der Waals surface area contributed by atoms with Gasteiger partial charge in [0, 0.05) is 6.54 Å². The van der Waals surface area contributed by atoms with Crippen molar-refractivity contribution in [3.8, 4) is 5.75 Å². The highest BCUT2D eigenvalue weighted by atomic mass is 32.1. The van der Waals surface area contributed by atoms with Crippen LogP contribution in [0.1, 0.15) is 9.67 Å². The van der Waals surface area contributed by atoms with Gasteiger partial charge in [-0.3, -0.25) is 4.79 Å². The van der Waals surface area contributed by atoms with Gasteiger partial charge in [0.1, 0.15) is 16.7 Å². The molecule has 0 radical (unpaired) electrons. The molecular weight excluding hydrogens is 270 g/mol. The summed E-state index contributed by atoms with van der Waals surface area (Å²) in [4.78, 5) is 14.5. The lowest BCUT2D eigenvalue weighted by Crippen LogP contribution is -2.50. The Hall–Kier alpha value is -1.80. The van der Waals surface area contributed by atoms with Gasteiger partial charge in [-0.15, -0.1) is 11.3 Å². The largest absolute Gasteiger partial charge is 0.495 e. The van der Waals surface area contributed by atoms with Crippen LogP contribution in [0.25, 0.3) is 0 Å². The molecule has 1 unspecified atom stereocenters. The molecule has 8 heteroatoms. The third kappa shape index (κ3) is 2.79. The second-order valence-electron chi connectivity index (χ2n) is 3.95. The minimum atomic E-state index is -0.575. The predicted molar refractivity (Wildman–Crippen MR) is 69.9 cm³/mol. The molecule has 1 fully saturated rings. The highest BCUT2D eigenvalue weighted by Crippen LogP contribution is 2.26. The molecule has 1 aromatic rings. The first-order valence-corrected chi connectivity index (χ1v) is 6.55. The topological polar surface area (TPSA) is 97.4 Å². The van der Waals surface area contributed by atoms with Crippen molar-refractivity contribution in [3.63, 3.8) is 0 Å². The first-order chi connectivity index (χ1) is 9.17. The van der Waals surface area contributed by atoms with Gasteiger partial charge in [0.25, 0.3) is 5.91 Å². The van der Waals surface area contributed by atoms with Crippen molar-refractivity contribution in [1.82, 2.24) is 4.90 Å². The highest BCUT2D eigenvalue weighted by molar-refractivity contribution is 7.12. The Labute approximate surface area is 114 Å². The second kappa shape index (κ2) is 5.89. The summed E-state index contributed by atoms with van der Waals surface area (Å²) in [5, 5.41) is 13.4. The number of carbonyl (C=O) groups is 1. The number of amidine groups is 1. The molecule has 1 aromatic heterocycles. The lowest BCUT2D eigenvalue weighted by molar-refractivity contribution is 0.00687. The van der Waals surface area contributed by atoms with Gasteiger partial charge in [-0.25, -0.2) is 0 Å². The number of morpholine rings is 1. The van der Waals surface area contributed by atoms with Crippen LogP contribution in [0.2, 0.25) is 0 Å². The van der Waals surface area contributed by atoms with Gasteiger partial charge in [0.15, 0.2) is 5.84 Å². The van der Waals surface area contributed by atoms with Crippen LogP contribution in [0.3, 0.4) is 0 Å². The molecule has 104 valence electrons. The second-order valence-corrected chi connectivity index (χ2v) is 4.87. The molecule has 1 saturated heterocycles. The van der Waals surface area contributed by atoms with Crippen molar-refractivity contribution in [2.24, 2.45) is 10.9 Å². The van der Waals surface area contributed by atoms with Gasteiger partial charge in [-0.05, 0) is 11.4 Å². The molecule has 1 amide bonds. The van der Waals surface area contributed by atoms with E-state index in [4.69, 9.17) is 20.4 Å². The maximum absolute atomic E-state index is 12.4. The first-order valence-electron chi connectivity index (χ1n) is 5.67. The van der Waals surface area contributed by atoms with Crippen LogP contribution >= 0.6 is 11.3 Å². The van der Waals surface area contributed by atoms with E-state index in [9.17, 15) is 4.79 Å². The zero-order chi connectivity index (χ0) is 13.8. The summed E-state index contributed by atoms with van der Waals surface area (Å²) in [6.45, 7) is 1.07. The van der Waals surface area contributed by atoms with E-state index in [1.807, 2.05) is 0 Å². The molecule has 7 nitrogen and oxygen atoms in total. The number of hydrogen-bond acceptors (Lipinski definition) is 6. The van der Waals surface area contributed by atoms with Crippen LogP contribution in [0.5, 0.6) is 5.75 Å². The average Bonchev–Trinajstić information content (AvgIpc) is 2.94. The summed E-state index contributed by atoms with van der Waals surface area (Å²) in [6.07, 6.45) is -0.575. The fourth-order valence-corrected chi connectivity index (χ4v) is 2.66. The predicted octanol–water partition coefficient (Wildman–Crippen LogP) is 0.344. The number of methoxy groups -OCH3 is 1. The molecule has 0 aliphatic carbocycles. The van der Waals surface area contributed by atoms with Crippen molar-refractivity contribution >= 4 is 23.1 Å². The molecule has 0 spiro atoms. The number of hydrogen-bond donors (Lipinski definition) is 2. The molecule has 0 aromatic carbocycles. The van der Waals surface area contributed by atoms with Crippen LogP contribution in [-0.4, -0.2) is 54.8 Å². The molecule has 1 aliphatic heterocycles. The monoisotopic (exact) mass is 285 g/mol. The van der Waals surface area contributed by atoms with E-state index in [2.05, 4.69) is 5.16 Å². The lowest BCUT2D eigenvalue weighted by Gasteiger charge is -2.32. The van der Waals surface area contributed by atoms with E-state index >= 15 is 0 Å². The van der Waals surface area contributed by atoms with Crippen LogP contribution in [0.4, 0.5) is 0 Å². The zero-order valence-corrected chi connectivity index (χ0v) is 11.2. The Kier molecular flexibility index (Phi) is 4.23. The van der Waals surface area contributed by atoms with Crippen molar-refractivity contribution < 1.29 is 19.5 Å². The average molecular weight is 285 g/mol. The molecule has 1 atom stereocenters. The fourth-order valence-electron chi connectivity index (χ4n) is 1.83. The summed E-state index contributed by atoms with van der Waals surface area (Å²) in [7, 11) is 1.53. The minimum Gasteiger partial charge on any atom is -0.495 e. The van der Waals surface area contributed by atoms with Gasteiger partial charge >= 0.3 is 0 Å². The maximum atomic E-state index is 12.4. The van der Waals surface area contributed by atoms with Crippen molar-refractivity contribution in [2.75, 3.05) is 26.8 Å². The van der Waals surface area contributed by atoms with E-state index in [1.165, 1.54) is 18.4 Å². The number of oxime groups is 1. The van der Waals surface area contributed by atoms with Gasteiger partial charge in [0.05, 0.1) is 20.3 Å². The molecule has 0 saturated carbocycles. The summed E-state index contributed by atoms with van der Waals surface area (Å²) in [6, 6.07) is 1.75. The summed E-state index contributed by atoms with van der Waals surface area (Å²) < 4.78 is 10.5. The van der Waals surface area contributed by atoms with Gasteiger partial charge in [0.2, 0.25) is 0 Å². The van der Waals surface area contributed by atoms with E-state index < -0.39 is 6.10 Å². The molecule has 3 N–H and O–H groups in total. The number of ether oxygens (including phenoxy) is 2. The summed E-state index contributed by atoms with van der Waals surface area (Å²) >= 11 is 1.32. The maximum Gasteiger partial charge on any atom is 0.267 e. The molecular formula is C11H15N3O4S. The van der Waals surface area contributed by atoms with Crippen LogP contribution in [0.15, 0.2) is 16.6 Å². The SMILES string of the molecule is COc1ccsc1C(=O)N1CCOC(/C(N)=N/O)C1. The quantitative estimate of drug-likeness (QED) is 0.361. The lowest BCUT2D eigenvalue weighted by atomic mass is 10.2. The summed E-state index contributed by atoms with van der Waals surface area (Å²) in [5.74, 6) is 0.392. The van der Waals surface area contributed by atoms with Crippen molar-refractivity contribution in [2.45, 2.75) is 6.10 Å². The van der Waals surface area contributed by atoms with Crippen molar-refractivity contribution in [1.29, 1.82) is 0 Å². The Balaban J connectivity index is 2.11. The highest BCUT2D eigenvalue weighted by Gasteiger charge is 2.29. The fraction of sp³-hybridized carbons (Fsp3) is 0.455. The Morgan fingerprint density at radius 3 is 3.21 bits per heavy atom. The van der Waals surface area contributed by atoms with Gasteiger partial charge in [-0.1, -0.05) is 5.16 Å². The molecule has 19 heavy (non-hydrogen) atoms. The van der Waals surface area contributed by atoms with Crippen LogP contribution in [-0.2, 0) is 4.74 Å². The van der Waals surface area contributed by atoms with Crippen LogP contribution in [0, 0.1) is 0 Å². The third-order valence-corrected chi connectivity index (χ3v) is 3.73. The molecule has 2 rings (SSSR count). The number of nitrogens with two attached hydrogens (primary N) is 1. The van der Waals surface area contributed by atoms with Gasteiger partial charge in [-0.2, -0.15) is 0 Å². The number of amides is 1. The molecule has 1 aliphatic rings. The first kappa shape index (κ1) is 13.6. The molecule has 2 heterocycles. The van der Waals surface area contributed by atoms with E-state index in [0.717, 1.165) is 0 Å². The normalized spacial score (nSPS) is 20.4. The summed E-state index contributed by atoms with van der Waals surface area (Å²) in [5.41, 5.74) is 5.50. The number of thiophene rings is 1. The van der Waals surface area contributed by atoms with E-state index in [-0.39, 0.29) is 18.3 Å². The standard InChI is InChI=1S/C11H15N3O4S/c1-17-7-2-5-19-9(7)11(15)14-3-4-18-8(6-14)10(12)13-16/h2,5,8,16H,3-4,6H2,1H3,(H2,12,13). The third-order valence-electron chi connectivity index (χ3n) is 2.84. The molecule has 0 bridgehead atoms. The van der Waals surface area contributed by atoms with Crippen molar-refractivity contribution in [3.05, 3.63) is 16.3 Å². The Bertz CT molecular complexity index is 488. The van der Waals surface area contributed by atoms with E-state index in [0.29, 0.717) is 23.8 Å². The van der Waals surface area contributed by atoms with Gasteiger partial charge < -0.3 is 25.3 Å². The zero-order valence-electron chi connectivity index (χ0n) is 10.4. The number of nitrogens with zero attached hydrogens (tertiary/aromatic N) is 2. The Morgan fingerprint density at radius 2 is 2.53 bits per heavy atom. The smallest absolute Gasteiger partial charge is 0.267 e. The minimum absolute atomic E-state index is 0.0318. The van der Waals surface area contributed by atoms with Crippen LogP contribution < -0.4 is 10.5 Å². The Morgan fingerprint density at radius 1 is 1.74 bits per heavy atom. The number of carbonyl (C=O) groups excluding carboxylic acids is 1.